The summed E-state index contributed by atoms with van der Waals surface area (Å²) in [6.07, 6.45) is 5.52. The second kappa shape index (κ2) is 8.71. The van der Waals surface area contributed by atoms with Crippen molar-refractivity contribution in [2.75, 3.05) is 26.2 Å². The number of amides is 3. The average molecular weight is 419 g/mol. The fraction of sp³-hybridized carbons (Fsp3) is 0.571. The second-order valence-electron chi connectivity index (χ2n) is 7.76. The van der Waals surface area contributed by atoms with Gasteiger partial charge in [0.2, 0.25) is 0 Å². The van der Waals surface area contributed by atoms with Gasteiger partial charge >= 0.3 is 6.03 Å². The minimum atomic E-state index is -0.332. The van der Waals surface area contributed by atoms with Crippen LogP contribution in [0.5, 0.6) is 5.75 Å². The number of imide groups is 1. The van der Waals surface area contributed by atoms with Crippen LogP contribution in [0.15, 0.2) is 23.3 Å². The number of benzene rings is 1. The van der Waals surface area contributed by atoms with Gasteiger partial charge < -0.3 is 4.74 Å². The van der Waals surface area contributed by atoms with Gasteiger partial charge in [0.25, 0.3) is 5.91 Å². The fourth-order valence-electron chi connectivity index (χ4n) is 4.32. The minimum absolute atomic E-state index is 0.0207. The van der Waals surface area contributed by atoms with Crippen molar-refractivity contribution < 1.29 is 14.3 Å². The number of fused-ring (bicyclic) bond motifs is 1. The van der Waals surface area contributed by atoms with E-state index in [0.717, 1.165) is 50.0 Å². The Morgan fingerprint density at radius 2 is 2.00 bits per heavy atom. The molecule has 0 N–H and O–H groups in total. The van der Waals surface area contributed by atoms with Crippen molar-refractivity contribution in [1.82, 2.24) is 14.8 Å². The molecule has 0 bridgehead atoms. The molecule has 1 unspecified atom stereocenters. The molecule has 4 rings (SSSR count). The lowest BCUT2D eigenvalue weighted by Crippen LogP contribution is -2.52. The van der Waals surface area contributed by atoms with Crippen LogP contribution in [-0.2, 0) is 4.79 Å². The maximum Gasteiger partial charge on any atom is 0.349 e. The zero-order valence-corrected chi connectivity index (χ0v) is 17.5. The molecule has 1 aromatic carbocycles. The number of hydrogen-bond donors (Lipinski definition) is 0. The van der Waals surface area contributed by atoms with Crippen LogP contribution in [0.2, 0.25) is 5.02 Å². The molecule has 7 nitrogen and oxygen atoms in total. The van der Waals surface area contributed by atoms with Crippen LogP contribution in [0.3, 0.4) is 0 Å². The van der Waals surface area contributed by atoms with E-state index in [4.69, 9.17) is 16.3 Å². The van der Waals surface area contributed by atoms with Gasteiger partial charge in [-0.05, 0) is 37.5 Å². The third-order valence-corrected chi connectivity index (χ3v) is 5.96. The van der Waals surface area contributed by atoms with Crippen molar-refractivity contribution in [2.24, 2.45) is 5.10 Å². The third kappa shape index (κ3) is 4.12. The van der Waals surface area contributed by atoms with Crippen LogP contribution in [0.4, 0.5) is 4.79 Å². The molecule has 29 heavy (non-hydrogen) atoms. The molecule has 3 heterocycles. The Bertz CT molecular complexity index is 822. The van der Waals surface area contributed by atoms with E-state index in [1.807, 2.05) is 6.07 Å². The fourth-order valence-corrected chi connectivity index (χ4v) is 4.49. The van der Waals surface area contributed by atoms with E-state index >= 15 is 0 Å². The first-order valence-electron chi connectivity index (χ1n) is 10.5. The monoisotopic (exact) mass is 418 g/mol. The Morgan fingerprint density at radius 3 is 2.76 bits per heavy atom. The summed E-state index contributed by atoms with van der Waals surface area (Å²) in [5.41, 5.74) is 1.50. The minimum Gasteiger partial charge on any atom is -0.492 e. The Hall–Kier alpha value is -2.12. The lowest BCUT2D eigenvalue weighted by atomic mass is 10.0. The highest BCUT2D eigenvalue weighted by Crippen LogP contribution is 2.29. The molecule has 1 atom stereocenters. The van der Waals surface area contributed by atoms with Gasteiger partial charge in [-0.3, -0.25) is 9.69 Å². The first kappa shape index (κ1) is 20.2. The second-order valence-corrected chi connectivity index (χ2v) is 8.19. The lowest BCUT2D eigenvalue weighted by molar-refractivity contribution is -0.130. The van der Waals surface area contributed by atoms with E-state index in [2.05, 4.69) is 16.9 Å². The van der Waals surface area contributed by atoms with E-state index in [0.29, 0.717) is 23.8 Å². The van der Waals surface area contributed by atoms with Gasteiger partial charge in [0.1, 0.15) is 12.3 Å². The van der Waals surface area contributed by atoms with Crippen molar-refractivity contribution in [2.45, 2.75) is 51.6 Å². The number of rotatable bonds is 5. The van der Waals surface area contributed by atoms with Crippen molar-refractivity contribution >= 4 is 29.3 Å². The summed E-state index contributed by atoms with van der Waals surface area (Å²) < 4.78 is 5.66. The van der Waals surface area contributed by atoms with Crippen LogP contribution in [0.1, 0.15) is 51.0 Å². The van der Waals surface area contributed by atoms with E-state index in [-0.39, 0.29) is 24.6 Å². The summed E-state index contributed by atoms with van der Waals surface area (Å²) in [4.78, 5) is 29.7. The molecule has 156 valence electrons. The SMILES string of the molecule is CCCC(N1CCCCC1)N1C(=O)CN(/N=C2\CCOc3ccc(Cl)cc32)C1=O. The van der Waals surface area contributed by atoms with Gasteiger partial charge in [-0.2, -0.15) is 5.10 Å². The number of nitrogens with zero attached hydrogens (tertiary/aromatic N) is 4. The highest BCUT2D eigenvalue weighted by atomic mass is 35.5. The van der Waals surface area contributed by atoms with Gasteiger partial charge in [-0.25, -0.2) is 14.7 Å². The van der Waals surface area contributed by atoms with Crippen molar-refractivity contribution in [3.8, 4) is 5.75 Å². The third-order valence-electron chi connectivity index (χ3n) is 5.73. The summed E-state index contributed by atoms with van der Waals surface area (Å²) in [6, 6.07) is 5.04. The first-order valence-corrected chi connectivity index (χ1v) is 10.8. The number of hydrazone groups is 1. The number of likely N-dealkylation sites (tertiary alicyclic amines) is 1. The maximum atomic E-state index is 13.2. The number of carbonyl (C=O) groups is 2. The number of piperidine rings is 1. The Morgan fingerprint density at radius 1 is 1.21 bits per heavy atom. The highest BCUT2D eigenvalue weighted by Gasteiger charge is 2.43. The summed E-state index contributed by atoms with van der Waals surface area (Å²) >= 11 is 6.14. The summed E-state index contributed by atoms with van der Waals surface area (Å²) in [5.74, 6) is 0.521. The van der Waals surface area contributed by atoms with Gasteiger partial charge in [0, 0.05) is 30.1 Å². The average Bonchev–Trinajstić information content (AvgIpc) is 3.00. The summed E-state index contributed by atoms with van der Waals surface area (Å²) in [7, 11) is 0. The maximum absolute atomic E-state index is 13.2. The predicted molar refractivity (Wildman–Crippen MR) is 111 cm³/mol. The molecular weight excluding hydrogens is 392 g/mol. The molecule has 8 heteroatoms. The topological polar surface area (TPSA) is 65.4 Å². The number of halogens is 1. The van der Waals surface area contributed by atoms with E-state index < -0.39 is 0 Å². The van der Waals surface area contributed by atoms with Crippen molar-refractivity contribution in [3.63, 3.8) is 0 Å². The molecule has 0 saturated carbocycles. The zero-order chi connectivity index (χ0) is 20.4. The number of ether oxygens (including phenoxy) is 1. The predicted octanol–water partition coefficient (Wildman–Crippen LogP) is 3.70. The molecule has 3 aliphatic rings. The quantitative estimate of drug-likeness (QED) is 0.684. The molecule has 0 aromatic heterocycles. The van der Waals surface area contributed by atoms with E-state index in [9.17, 15) is 9.59 Å². The summed E-state index contributed by atoms with van der Waals surface area (Å²) in [5, 5.41) is 6.46. The number of carbonyl (C=O) groups excluding carboxylic acids is 2. The molecule has 0 aliphatic carbocycles. The van der Waals surface area contributed by atoms with E-state index in [1.54, 1.807) is 12.1 Å². The van der Waals surface area contributed by atoms with Crippen LogP contribution in [0, 0.1) is 0 Å². The van der Waals surface area contributed by atoms with Crippen LogP contribution < -0.4 is 4.74 Å². The highest BCUT2D eigenvalue weighted by molar-refractivity contribution is 6.31. The molecule has 2 saturated heterocycles. The smallest absolute Gasteiger partial charge is 0.349 e. The van der Waals surface area contributed by atoms with Crippen molar-refractivity contribution in [3.05, 3.63) is 28.8 Å². The number of urea groups is 1. The van der Waals surface area contributed by atoms with Gasteiger partial charge in [0.05, 0.1) is 18.5 Å². The van der Waals surface area contributed by atoms with Gasteiger partial charge in [-0.1, -0.05) is 31.4 Å². The normalized spacial score (nSPS) is 22.8. The molecule has 2 fully saturated rings. The lowest BCUT2D eigenvalue weighted by Gasteiger charge is -2.38. The van der Waals surface area contributed by atoms with Crippen LogP contribution >= 0.6 is 11.6 Å². The molecule has 3 amide bonds. The Labute approximate surface area is 176 Å². The largest absolute Gasteiger partial charge is 0.492 e. The number of hydrogen-bond acceptors (Lipinski definition) is 5. The van der Waals surface area contributed by atoms with Gasteiger partial charge in [-0.15, -0.1) is 0 Å². The van der Waals surface area contributed by atoms with Crippen molar-refractivity contribution in [1.29, 1.82) is 0 Å². The Balaban J connectivity index is 1.58. The van der Waals surface area contributed by atoms with Crippen LogP contribution in [0.25, 0.3) is 0 Å². The molecule has 0 radical (unpaired) electrons. The molecule has 0 spiro atoms. The molecule has 1 aromatic rings. The van der Waals surface area contributed by atoms with Crippen LogP contribution in [-0.4, -0.2) is 64.9 Å². The standard InChI is InChI=1S/C21H27ClN4O3/c1-2-6-19(24-10-4-3-5-11-24)26-20(27)14-25(21(26)28)23-17-9-12-29-18-8-7-15(22)13-16(17)18/h7-8,13,19H,2-6,9-12,14H2,1H3/b23-17+. The summed E-state index contributed by atoms with van der Waals surface area (Å²) in [6.45, 7) is 4.41. The van der Waals surface area contributed by atoms with Gasteiger partial charge in [0.15, 0.2) is 0 Å². The van der Waals surface area contributed by atoms with E-state index in [1.165, 1.54) is 16.3 Å². The zero-order valence-electron chi connectivity index (χ0n) is 16.8. The molecule has 3 aliphatic heterocycles. The first-order chi connectivity index (χ1) is 14.1. The Kier molecular flexibility index (Phi) is 6.06. The molecular formula is C21H27ClN4O3.